The molecule has 400 valence electrons. The van der Waals surface area contributed by atoms with E-state index in [9.17, 15) is 14.4 Å². The van der Waals surface area contributed by atoms with Crippen LogP contribution in [0.15, 0.2) is 60.8 Å². The first kappa shape index (κ1) is 66.1. The van der Waals surface area contributed by atoms with E-state index in [2.05, 4.69) is 81.5 Å². The van der Waals surface area contributed by atoms with Gasteiger partial charge >= 0.3 is 17.9 Å². The molecule has 0 aromatic rings. The Balaban J connectivity index is 4.37. The van der Waals surface area contributed by atoms with E-state index in [0.29, 0.717) is 19.3 Å². The standard InChI is InChI=1S/C63H112O6/c1-4-7-10-13-16-19-22-25-28-29-30-31-32-33-36-39-42-45-48-51-54-57-63(66)69-60(58-67-61(64)55-52-49-46-43-40-37-34-26-23-20-17-14-11-8-5-2)59-68-62(65)56-53-50-47-44-41-38-35-27-24-21-18-15-12-9-6-3/h17-18,20-21,25-28,34-35,60H,4-16,19,22-24,29-33,36-59H2,1-3H3/b20-17-,21-18-,28-25-,34-26-,35-27-. The Morgan fingerprint density at radius 1 is 0.290 bits per heavy atom. The lowest BCUT2D eigenvalue weighted by Gasteiger charge is -2.18. The highest BCUT2D eigenvalue weighted by Gasteiger charge is 2.19. The summed E-state index contributed by atoms with van der Waals surface area (Å²) in [6.45, 7) is 6.59. The van der Waals surface area contributed by atoms with Crippen molar-refractivity contribution < 1.29 is 28.6 Å². The zero-order valence-electron chi connectivity index (χ0n) is 45.8. The zero-order valence-corrected chi connectivity index (χ0v) is 45.8. The summed E-state index contributed by atoms with van der Waals surface area (Å²) in [5.41, 5.74) is 0. The molecule has 0 atom stereocenters. The largest absolute Gasteiger partial charge is 0.462 e. The highest BCUT2D eigenvalue weighted by Crippen LogP contribution is 2.16. The summed E-state index contributed by atoms with van der Waals surface area (Å²) >= 11 is 0. The van der Waals surface area contributed by atoms with Crippen LogP contribution in [0.4, 0.5) is 0 Å². The molecule has 0 N–H and O–H groups in total. The van der Waals surface area contributed by atoms with Gasteiger partial charge in [-0.15, -0.1) is 0 Å². The summed E-state index contributed by atoms with van der Waals surface area (Å²) in [5, 5.41) is 0. The molecule has 6 heteroatoms. The molecular weight excluding hydrogens is 853 g/mol. The molecule has 0 heterocycles. The topological polar surface area (TPSA) is 78.9 Å². The van der Waals surface area contributed by atoms with E-state index in [1.165, 1.54) is 167 Å². The minimum Gasteiger partial charge on any atom is -0.462 e. The highest BCUT2D eigenvalue weighted by molar-refractivity contribution is 5.71. The number of carbonyl (C=O) groups excluding carboxylic acids is 3. The van der Waals surface area contributed by atoms with E-state index in [1.807, 2.05) is 0 Å². The molecule has 0 aromatic heterocycles. The quantitative estimate of drug-likeness (QED) is 0.0262. The summed E-state index contributed by atoms with van der Waals surface area (Å²) in [6, 6.07) is 0. The van der Waals surface area contributed by atoms with E-state index in [1.54, 1.807) is 0 Å². The zero-order chi connectivity index (χ0) is 50.0. The van der Waals surface area contributed by atoms with Gasteiger partial charge in [0.25, 0.3) is 0 Å². The van der Waals surface area contributed by atoms with Crippen molar-refractivity contribution in [1.29, 1.82) is 0 Å². The first-order valence-corrected chi connectivity index (χ1v) is 29.8. The Bertz CT molecular complexity index is 1180. The van der Waals surface area contributed by atoms with Gasteiger partial charge in [-0.1, -0.05) is 236 Å². The third-order valence-electron chi connectivity index (χ3n) is 13.0. The van der Waals surface area contributed by atoms with Crippen molar-refractivity contribution >= 4 is 17.9 Å². The molecule has 0 aliphatic carbocycles. The van der Waals surface area contributed by atoms with Crippen LogP contribution >= 0.6 is 0 Å². The van der Waals surface area contributed by atoms with Crippen molar-refractivity contribution in [3.8, 4) is 0 Å². The molecule has 69 heavy (non-hydrogen) atoms. The van der Waals surface area contributed by atoms with Gasteiger partial charge in [-0.05, 0) is 109 Å². The lowest BCUT2D eigenvalue weighted by molar-refractivity contribution is -0.167. The van der Waals surface area contributed by atoms with Gasteiger partial charge in [-0.3, -0.25) is 14.4 Å². The average Bonchev–Trinajstić information content (AvgIpc) is 3.35. The van der Waals surface area contributed by atoms with E-state index in [4.69, 9.17) is 14.2 Å². The molecule has 0 spiro atoms. The lowest BCUT2D eigenvalue weighted by Crippen LogP contribution is -2.30. The van der Waals surface area contributed by atoms with E-state index in [-0.39, 0.29) is 31.1 Å². The van der Waals surface area contributed by atoms with Crippen LogP contribution in [0.1, 0.15) is 303 Å². The van der Waals surface area contributed by atoms with Crippen molar-refractivity contribution in [3.05, 3.63) is 60.8 Å². The molecule has 0 aromatic carbocycles. The fourth-order valence-corrected chi connectivity index (χ4v) is 8.44. The van der Waals surface area contributed by atoms with Gasteiger partial charge in [0.05, 0.1) is 0 Å². The Labute approximate surface area is 428 Å². The van der Waals surface area contributed by atoms with Crippen LogP contribution < -0.4 is 0 Å². The molecule has 0 fully saturated rings. The predicted molar refractivity (Wildman–Crippen MR) is 298 cm³/mol. The van der Waals surface area contributed by atoms with Crippen LogP contribution in [0.3, 0.4) is 0 Å². The Morgan fingerprint density at radius 2 is 0.522 bits per heavy atom. The first-order chi connectivity index (χ1) is 34.0. The maximum Gasteiger partial charge on any atom is 0.306 e. The number of ether oxygens (including phenoxy) is 3. The third kappa shape index (κ3) is 55.9. The molecule has 6 nitrogen and oxygen atoms in total. The Morgan fingerprint density at radius 3 is 0.841 bits per heavy atom. The molecule has 0 rings (SSSR count). The van der Waals surface area contributed by atoms with Gasteiger partial charge in [0, 0.05) is 19.3 Å². The van der Waals surface area contributed by atoms with Crippen LogP contribution in [0.25, 0.3) is 0 Å². The number of unbranched alkanes of at least 4 members (excludes halogenated alkanes) is 33. The van der Waals surface area contributed by atoms with Gasteiger partial charge in [0.1, 0.15) is 13.2 Å². The van der Waals surface area contributed by atoms with Crippen LogP contribution in [-0.2, 0) is 28.6 Å². The molecule has 0 unspecified atom stereocenters. The number of esters is 3. The second-order valence-electron chi connectivity index (χ2n) is 19.9. The number of hydrogen-bond acceptors (Lipinski definition) is 6. The van der Waals surface area contributed by atoms with Gasteiger partial charge in [-0.2, -0.15) is 0 Å². The van der Waals surface area contributed by atoms with Gasteiger partial charge in [0.2, 0.25) is 0 Å². The minimum absolute atomic E-state index is 0.0852. The van der Waals surface area contributed by atoms with Gasteiger partial charge < -0.3 is 14.2 Å². The number of hydrogen-bond donors (Lipinski definition) is 0. The van der Waals surface area contributed by atoms with Crippen molar-refractivity contribution in [1.82, 2.24) is 0 Å². The molecule has 0 saturated carbocycles. The molecule has 0 bridgehead atoms. The SMILES string of the molecule is CCCCC/C=C\C/C=C\CCCCCCCC(=O)OCC(COC(=O)CCCCCCC/C=C\C/C=C\CCCCC)OC(=O)CCCCCCCCCCCCC/C=C\CCCCCCCC. The smallest absolute Gasteiger partial charge is 0.306 e. The van der Waals surface area contributed by atoms with E-state index in [0.717, 1.165) is 96.3 Å². The molecule has 0 radical (unpaired) electrons. The second kappa shape index (κ2) is 57.7. The first-order valence-electron chi connectivity index (χ1n) is 29.8. The summed E-state index contributed by atoms with van der Waals surface area (Å²) < 4.78 is 16.9. The Hall–Kier alpha value is -2.89. The monoisotopic (exact) mass is 965 g/mol. The maximum absolute atomic E-state index is 12.9. The molecule has 0 aliphatic heterocycles. The summed E-state index contributed by atoms with van der Waals surface area (Å²) in [4.78, 5) is 38.2. The van der Waals surface area contributed by atoms with E-state index < -0.39 is 6.10 Å². The predicted octanol–water partition coefficient (Wildman–Crippen LogP) is 20.0. The van der Waals surface area contributed by atoms with Crippen molar-refractivity contribution in [2.75, 3.05) is 13.2 Å². The minimum atomic E-state index is -0.786. The Kier molecular flexibility index (Phi) is 55.3. The second-order valence-corrected chi connectivity index (χ2v) is 19.9. The summed E-state index contributed by atoms with van der Waals surface area (Å²) in [5.74, 6) is -0.900. The fourth-order valence-electron chi connectivity index (χ4n) is 8.44. The van der Waals surface area contributed by atoms with Crippen LogP contribution in [0.5, 0.6) is 0 Å². The third-order valence-corrected chi connectivity index (χ3v) is 13.0. The summed E-state index contributed by atoms with van der Waals surface area (Å²) in [6.07, 6.45) is 72.1. The van der Waals surface area contributed by atoms with Gasteiger partial charge in [0.15, 0.2) is 6.10 Å². The maximum atomic E-state index is 12.9. The van der Waals surface area contributed by atoms with Crippen LogP contribution in [0, 0.1) is 0 Å². The fraction of sp³-hybridized carbons (Fsp3) is 0.794. The number of allylic oxidation sites excluding steroid dienone is 10. The van der Waals surface area contributed by atoms with Crippen LogP contribution in [0.2, 0.25) is 0 Å². The number of carbonyl (C=O) groups is 3. The van der Waals surface area contributed by atoms with Crippen molar-refractivity contribution in [3.63, 3.8) is 0 Å². The molecule has 0 amide bonds. The average molecular weight is 966 g/mol. The van der Waals surface area contributed by atoms with Crippen LogP contribution in [-0.4, -0.2) is 37.2 Å². The van der Waals surface area contributed by atoms with Crippen molar-refractivity contribution in [2.24, 2.45) is 0 Å². The van der Waals surface area contributed by atoms with Gasteiger partial charge in [-0.25, -0.2) is 0 Å². The summed E-state index contributed by atoms with van der Waals surface area (Å²) in [7, 11) is 0. The lowest BCUT2D eigenvalue weighted by atomic mass is 10.0. The molecule has 0 aliphatic rings. The number of rotatable bonds is 54. The van der Waals surface area contributed by atoms with E-state index >= 15 is 0 Å². The molecular formula is C63H112O6. The van der Waals surface area contributed by atoms with Crippen molar-refractivity contribution in [2.45, 2.75) is 309 Å². The highest BCUT2D eigenvalue weighted by atomic mass is 16.6. The molecule has 0 saturated heterocycles. The normalized spacial score (nSPS) is 12.1.